The highest BCUT2D eigenvalue weighted by molar-refractivity contribution is 5.91. The largest absolute Gasteiger partial charge is 0.370 e. The molecule has 45 heavy (non-hydrogen) atoms. The molecule has 2 aromatic rings. The Morgan fingerprint density at radius 1 is 1.09 bits per heavy atom. The highest BCUT2D eigenvalue weighted by Crippen LogP contribution is 2.31. The van der Waals surface area contributed by atoms with Gasteiger partial charge < -0.3 is 34.1 Å². The molecule has 0 aliphatic carbocycles. The summed E-state index contributed by atoms with van der Waals surface area (Å²) in [5.41, 5.74) is 2.04. The molecular formula is C34H45FN4O6. The maximum Gasteiger partial charge on any atom is 0.255 e. The SMILES string of the molecule is CCOC(OCC)C(Cc1ccccc1)N(C)C(=O)[C@@H]1OC(C)(C)O[C@H]1C(=O)NCC1CCN(c2ccc(F)cc2C#N)CC1. The van der Waals surface area contributed by atoms with Gasteiger partial charge in [-0.15, -0.1) is 0 Å². The Labute approximate surface area is 265 Å². The van der Waals surface area contributed by atoms with Gasteiger partial charge in [0, 0.05) is 39.9 Å². The van der Waals surface area contributed by atoms with E-state index >= 15 is 0 Å². The van der Waals surface area contributed by atoms with Crippen molar-refractivity contribution in [1.29, 1.82) is 5.26 Å². The van der Waals surface area contributed by atoms with Gasteiger partial charge in [0.1, 0.15) is 11.9 Å². The summed E-state index contributed by atoms with van der Waals surface area (Å²) in [5, 5.41) is 12.4. The van der Waals surface area contributed by atoms with Gasteiger partial charge in [-0.05, 0) is 76.6 Å². The number of carbonyl (C=O) groups is 2. The maximum absolute atomic E-state index is 14.0. The van der Waals surface area contributed by atoms with Crippen LogP contribution in [-0.4, -0.2) is 86.9 Å². The zero-order valence-corrected chi connectivity index (χ0v) is 26.8. The van der Waals surface area contributed by atoms with E-state index in [0.29, 0.717) is 50.5 Å². The Morgan fingerprint density at radius 2 is 1.73 bits per heavy atom. The summed E-state index contributed by atoms with van der Waals surface area (Å²) >= 11 is 0. The van der Waals surface area contributed by atoms with Crippen molar-refractivity contribution >= 4 is 17.5 Å². The normalized spacial score (nSPS) is 20.5. The summed E-state index contributed by atoms with van der Waals surface area (Å²) in [6.07, 6.45) is -0.938. The highest BCUT2D eigenvalue weighted by atomic mass is 19.1. The van der Waals surface area contributed by atoms with Gasteiger partial charge in [0.15, 0.2) is 24.3 Å². The molecule has 1 unspecified atom stereocenters. The molecule has 2 heterocycles. The lowest BCUT2D eigenvalue weighted by molar-refractivity contribution is -0.185. The van der Waals surface area contributed by atoms with E-state index in [9.17, 15) is 19.2 Å². The van der Waals surface area contributed by atoms with Gasteiger partial charge in [0.25, 0.3) is 11.8 Å². The number of hydrogen-bond acceptors (Lipinski definition) is 8. The van der Waals surface area contributed by atoms with Crippen LogP contribution in [0.4, 0.5) is 10.1 Å². The van der Waals surface area contributed by atoms with Gasteiger partial charge in [0.2, 0.25) is 0 Å². The summed E-state index contributed by atoms with van der Waals surface area (Å²) < 4.78 is 37.5. The molecule has 0 spiro atoms. The van der Waals surface area contributed by atoms with Crippen LogP contribution in [0.2, 0.25) is 0 Å². The van der Waals surface area contributed by atoms with Crippen LogP contribution in [0.3, 0.4) is 0 Å². The van der Waals surface area contributed by atoms with Gasteiger partial charge in [0.05, 0.1) is 17.3 Å². The summed E-state index contributed by atoms with van der Waals surface area (Å²) in [5.74, 6) is -2.20. The summed E-state index contributed by atoms with van der Waals surface area (Å²) in [4.78, 5) is 31.1. The Balaban J connectivity index is 1.41. The monoisotopic (exact) mass is 624 g/mol. The Kier molecular flexibility index (Phi) is 11.9. The standard InChI is InChI=1S/C34H45FN4O6/c1-6-42-33(43-7-2)28(19-23-11-9-8-10-12-23)38(5)32(41)30-29(44-34(3,4)45-30)31(40)37-22-24-15-17-39(18-16-24)27-14-13-26(35)20-25(27)21-36/h8-14,20,24,28-30,33H,6-7,15-19,22H2,1-5H3,(H,37,40)/t28?,29-,30-/m1/s1. The van der Waals surface area contributed by atoms with E-state index < -0.39 is 48.0 Å². The fourth-order valence-corrected chi connectivity index (χ4v) is 5.97. The number of hydrogen-bond donors (Lipinski definition) is 1. The molecule has 1 N–H and O–H groups in total. The van der Waals surface area contributed by atoms with Crippen molar-refractivity contribution in [3.63, 3.8) is 0 Å². The van der Waals surface area contributed by atoms with Crippen LogP contribution in [0.15, 0.2) is 48.5 Å². The number of piperidine rings is 1. The molecule has 10 nitrogen and oxygen atoms in total. The molecule has 0 radical (unpaired) electrons. The van der Waals surface area contributed by atoms with E-state index in [2.05, 4.69) is 16.3 Å². The molecule has 2 saturated heterocycles. The third-order valence-corrected chi connectivity index (χ3v) is 8.31. The molecule has 2 amide bonds. The molecule has 4 rings (SSSR count). The van der Waals surface area contributed by atoms with Crippen LogP contribution in [0.5, 0.6) is 0 Å². The molecule has 2 aromatic carbocycles. The van der Waals surface area contributed by atoms with Crippen molar-refractivity contribution in [2.45, 2.75) is 77.3 Å². The number of rotatable bonds is 13. The average Bonchev–Trinajstić information content (AvgIpc) is 3.37. The lowest BCUT2D eigenvalue weighted by Gasteiger charge is -2.36. The second-order valence-corrected chi connectivity index (χ2v) is 11.9. The number of benzene rings is 2. The van der Waals surface area contributed by atoms with E-state index in [-0.39, 0.29) is 5.92 Å². The van der Waals surface area contributed by atoms with Crippen molar-refractivity contribution < 1.29 is 32.9 Å². The molecule has 2 fully saturated rings. The molecule has 2 aliphatic heterocycles. The number of nitrogens with one attached hydrogen (secondary N) is 1. The number of nitrogens with zero attached hydrogens (tertiary/aromatic N) is 3. The first-order chi connectivity index (χ1) is 21.6. The predicted molar refractivity (Wildman–Crippen MR) is 167 cm³/mol. The zero-order chi connectivity index (χ0) is 32.6. The minimum absolute atomic E-state index is 0.191. The smallest absolute Gasteiger partial charge is 0.255 e. The van der Waals surface area contributed by atoms with Crippen LogP contribution < -0.4 is 10.2 Å². The number of ether oxygens (including phenoxy) is 4. The van der Waals surface area contributed by atoms with E-state index in [4.69, 9.17) is 18.9 Å². The first kappa shape index (κ1) is 34.3. The van der Waals surface area contributed by atoms with Crippen LogP contribution in [0.1, 0.15) is 51.7 Å². The van der Waals surface area contributed by atoms with Crippen molar-refractivity contribution in [3.05, 3.63) is 65.5 Å². The number of carbonyl (C=O) groups excluding carboxylic acids is 2. The topological polar surface area (TPSA) is 113 Å². The molecule has 2 aliphatic rings. The minimum atomic E-state index is -1.16. The molecule has 0 saturated carbocycles. The third-order valence-electron chi connectivity index (χ3n) is 8.31. The summed E-state index contributed by atoms with van der Waals surface area (Å²) in [7, 11) is 1.68. The molecule has 11 heteroatoms. The maximum atomic E-state index is 14.0. The van der Waals surface area contributed by atoms with Crippen molar-refractivity contribution in [1.82, 2.24) is 10.2 Å². The number of nitriles is 1. The van der Waals surface area contributed by atoms with Crippen molar-refractivity contribution in [2.75, 3.05) is 44.8 Å². The number of likely N-dealkylation sites (N-methyl/N-ethyl adjacent to an activating group) is 1. The summed E-state index contributed by atoms with van der Waals surface area (Å²) in [6.45, 7) is 9.69. The van der Waals surface area contributed by atoms with Crippen molar-refractivity contribution in [2.24, 2.45) is 5.92 Å². The Bertz CT molecular complexity index is 1320. The zero-order valence-electron chi connectivity index (χ0n) is 26.8. The van der Waals surface area contributed by atoms with Crippen LogP contribution in [-0.2, 0) is 35.0 Å². The fourth-order valence-electron chi connectivity index (χ4n) is 5.97. The molecular weight excluding hydrogens is 579 g/mol. The van der Waals surface area contributed by atoms with Gasteiger partial charge in [-0.1, -0.05) is 30.3 Å². The second-order valence-electron chi connectivity index (χ2n) is 11.9. The van der Waals surface area contributed by atoms with Gasteiger partial charge in [-0.25, -0.2) is 4.39 Å². The number of amides is 2. The van der Waals surface area contributed by atoms with E-state index in [1.54, 1.807) is 31.9 Å². The highest BCUT2D eigenvalue weighted by Gasteiger charge is 2.51. The van der Waals surface area contributed by atoms with Crippen LogP contribution in [0, 0.1) is 23.1 Å². The predicted octanol–water partition coefficient (Wildman–Crippen LogP) is 4.02. The Morgan fingerprint density at radius 3 is 2.36 bits per heavy atom. The third kappa shape index (κ3) is 8.79. The van der Waals surface area contributed by atoms with Gasteiger partial charge in [-0.2, -0.15) is 5.26 Å². The quantitative estimate of drug-likeness (QED) is 0.333. The fraction of sp³-hybridized carbons (Fsp3) is 0.559. The lowest BCUT2D eigenvalue weighted by atomic mass is 9.95. The van der Waals surface area contributed by atoms with Gasteiger partial charge in [-0.3, -0.25) is 9.59 Å². The molecule has 0 bridgehead atoms. The summed E-state index contributed by atoms with van der Waals surface area (Å²) in [6, 6.07) is 15.6. The van der Waals surface area contributed by atoms with E-state index in [1.807, 2.05) is 44.2 Å². The van der Waals surface area contributed by atoms with E-state index in [0.717, 1.165) is 18.4 Å². The van der Waals surface area contributed by atoms with Gasteiger partial charge >= 0.3 is 0 Å². The minimum Gasteiger partial charge on any atom is -0.370 e. The van der Waals surface area contributed by atoms with Crippen LogP contribution >= 0.6 is 0 Å². The van der Waals surface area contributed by atoms with Crippen LogP contribution in [0.25, 0.3) is 0 Å². The molecule has 0 aromatic heterocycles. The van der Waals surface area contributed by atoms with E-state index in [1.165, 1.54) is 12.1 Å². The molecule has 244 valence electrons. The lowest BCUT2D eigenvalue weighted by Crippen LogP contribution is -2.55. The molecule has 3 atom stereocenters. The number of anilines is 1. The number of halogens is 1. The second kappa shape index (κ2) is 15.6. The average molecular weight is 625 g/mol. The first-order valence-electron chi connectivity index (χ1n) is 15.7. The first-order valence-corrected chi connectivity index (χ1v) is 15.7. The van der Waals surface area contributed by atoms with Crippen molar-refractivity contribution in [3.8, 4) is 6.07 Å². The Hall–Kier alpha value is -3.56.